The normalized spacial score (nSPS) is 10.9. The molecule has 0 bridgehead atoms. The molecule has 0 aliphatic carbocycles. The van der Waals surface area contributed by atoms with Crippen molar-refractivity contribution in [3.8, 4) is 0 Å². The van der Waals surface area contributed by atoms with Crippen LogP contribution in [0.5, 0.6) is 0 Å². The number of hydrogen-bond donors (Lipinski definition) is 2. The molecule has 0 spiro atoms. The number of thiazole rings is 1. The van der Waals surface area contributed by atoms with Gasteiger partial charge in [-0.15, -0.1) is 11.3 Å². The summed E-state index contributed by atoms with van der Waals surface area (Å²) in [7, 11) is 0. The van der Waals surface area contributed by atoms with Crippen molar-refractivity contribution < 1.29 is 4.79 Å². The number of carbonyl (C=O) groups excluding carboxylic acids is 1. The fraction of sp³-hybridized carbons (Fsp3) is 0.417. The number of aromatic nitrogens is 3. The van der Waals surface area contributed by atoms with E-state index in [2.05, 4.69) is 34.3 Å². The fourth-order valence-electron chi connectivity index (χ4n) is 1.45. The van der Waals surface area contributed by atoms with Crippen LogP contribution in [0.15, 0.2) is 11.4 Å². The maximum absolute atomic E-state index is 11.8. The van der Waals surface area contributed by atoms with Gasteiger partial charge in [-0.1, -0.05) is 13.8 Å². The van der Waals surface area contributed by atoms with Crippen molar-refractivity contribution >= 4 is 17.2 Å². The van der Waals surface area contributed by atoms with Gasteiger partial charge in [0, 0.05) is 11.1 Å². The van der Waals surface area contributed by atoms with Crippen LogP contribution in [0.4, 0.5) is 0 Å². The number of nitrogens with zero attached hydrogens (tertiary/aromatic N) is 2. The van der Waals surface area contributed by atoms with Crippen molar-refractivity contribution in [2.45, 2.75) is 33.2 Å². The molecule has 0 unspecified atom stereocenters. The van der Waals surface area contributed by atoms with Gasteiger partial charge in [0.25, 0.3) is 5.91 Å². The number of rotatable bonds is 4. The van der Waals surface area contributed by atoms with Crippen molar-refractivity contribution in [2.75, 3.05) is 0 Å². The molecule has 96 valence electrons. The molecular formula is C12H16N4OS. The topological polar surface area (TPSA) is 70.7 Å². The fourth-order valence-corrected chi connectivity index (χ4v) is 2.35. The first-order chi connectivity index (χ1) is 8.56. The second-order valence-electron chi connectivity index (χ2n) is 4.44. The maximum Gasteiger partial charge on any atom is 0.272 e. The molecule has 1 amide bonds. The van der Waals surface area contributed by atoms with E-state index in [0.717, 1.165) is 16.4 Å². The molecule has 6 heteroatoms. The zero-order valence-electron chi connectivity index (χ0n) is 10.7. The molecule has 2 heterocycles. The Kier molecular flexibility index (Phi) is 3.76. The van der Waals surface area contributed by atoms with Crippen molar-refractivity contribution in [3.63, 3.8) is 0 Å². The van der Waals surface area contributed by atoms with E-state index in [4.69, 9.17) is 0 Å². The molecule has 0 saturated heterocycles. The number of aryl methyl sites for hydroxylation is 1. The highest BCUT2D eigenvalue weighted by molar-refractivity contribution is 7.09. The minimum Gasteiger partial charge on any atom is -0.344 e. The molecular weight excluding hydrogens is 248 g/mol. The summed E-state index contributed by atoms with van der Waals surface area (Å²) in [6, 6.07) is 1.72. The van der Waals surface area contributed by atoms with E-state index in [1.54, 1.807) is 17.4 Å². The summed E-state index contributed by atoms with van der Waals surface area (Å²) in [5.74, 6) is 0.236. The average Bonchev–Trinajstić information content (AvgIpc) is 2.94. The van der Waals surface area contributed by atoms with Gasteiger partial charge in [-0.25, -0.2) is 4.98 Å². The van der Waals surface area contributed by atoms with Gasteiger partial charge in [0.05, 0.1) is 12.2 Å². The Morgan fingerprint density at radius 2 is 2.33 bits per heavy atom. The van der Waals surface area contributed by atoms with Crippen LogP contribution in [0.25, 0.3) is 0 Å². The largest absolute Gasteiger partial charge is 0.344 e. The van der Waals surface area contributed by atoms with E-state index in [1.807, 2.05) is 12.3 Å². The predicted octanol–water partition coefficient (Wildman–Crippen LogP) is 2.23. The van der Waals surface area contributed by atoms with Crippen LogP contribution in [-0.2, 0) is 6.54 Å². The number of amides is 1. The third-order valence-corrected chi connectivity index (χ3v) is 3.37. The molecule has 0 radical (unpaired) electrons. The Morgan fingerprint density at radius 3 is 2.89 bits per heavy atom. The van der Waals surface area contributed by atoms with Gasteiger partial charge in [0.15, 0.2) is 0 Å². The zero-order chi connectivity index (χ0) is 13.1. The minimum atomic E-state index is -0.180. The molecule has 2 N–H and O–H groups in total. The van der Waals surface area contributed by atoms with E-state index < -0.39 is 0 Å². The predicted molar refractivity (Wildman–Crippen MR) is 70.7 cm³/mol. The third-order valence-electron chi connectivity index (χ3n) is 2.50. The summed E-state index contributed by atoms with van der Waals surface area (Å²) in [6.07, 6.45) is 0. The Balaban J connectivity index is 1.93. The lowest BCUT2D eigenvalue weighted by atomic mass is 10.2. The molecule has 5 nitrogen and oxygen atoms in total. The standard InChI is InChI=1S/C12H16N4OS/c1-7(2)10-6-18-11(14-10)5-13-12(17)9-4-8(3)15-16-9/h4,6-7H,5H2,1-3H3,(H,13,17)(H,15,16). The molecule has 2 aromatic rings. The maximum atomic E-state index is 11.8. The molecule has 0 aromatic carbocycles. The van der Waals surface area contributed by atoms with Gasteiger partial charge < -0.3 is 5.32 Å². The summed E-state index contributed by atoms with van der Waals surface area (Å²) in [5, 5.41) is 12.4. The molecule has 18 heavy (non-hydrogen) atoms. The van der Waals surface area contributed by atoms with Crippen LogP contribution in [0.1, 0.15) is 46.6 Å². The molecule has 0 atom stereocenters. The highest BCUT2D eigenvalue weighted by atomic mass is 32.1. The average molecular weight is 264 g/mol. The lowest BCUT2D eigenvalue weighted by Crippen LogP contribution is -2.23. The number of H-pyrrole nitrogens is 1. The molecule has 0 aliphatic rings. The van der Waals surface area contributed by atoms with Crippen LogP contribution in [0.3, 0.4) is 0 Å². The van der Waals surface area contributed by atoms with Gasteiger partial charge in [-0.2, -0.15) is 5.10 Å². The summed E-state index contributed by atoms with van der Waals surface area (Å²) < 4.78 is 0. The Bertz CT molecular complexity index is 544. The first-order valence-electron chi connectivity index (χ1n) is 5.80. The van der Waals surface area contributed by atoms with Crippen molar-refractivity contribution in [3.05, 3.63) is 33.5 Å². The third kappa shape index (κ3) is 2.95. The van der Waals surface area contributed by atoms with Gasteiger partial charge in [0.1, 0.15) is 10.7 Å². The Hall–Kier alpha value is -1.69. The number of carbonyl (C=O) groups is 1. The van der Waals surface area contributed by atoms with Gasteiger partial charge in [0.2, 0.25) is 0 Å². The van der Waals surface area contributed by atoms with Gasteiger partial charge in [-0.05, 0) is 18.9 Å². The lowest BCUT2D eigenvalue weighted by Gasteiger charge is -2.00. The molecule has 2 rings (SSSR count). The summed E-state index contributed by atoms with van der Waals surface area (Å²) in [5.41, 5.74) is 2.35. The number of hydrogen-bond acceptors (Lipinski definition) is 4. The second-order valence-corrected chi connectivity index (χ2v) is 5.38. The van der Waals surface area contributed by atoms with Crippen LogP contribution < -0.4 is 5.32 Å². The second kappa shape index (κ2) is 5.30. The van der Waals surface area contributed by atoms with Crippen LogP contribution in [-0.4, -0.2) is 21.1 Å². The summed E-state index contributed by atoms with van der Waals surface area (Å²) in [4.78, 5) is 16.2. The molecule has 0 aliphatic heterocycles. The highest BCUT2D eigenvalue weighted by Crippen LogP contribution is 2.17. The Morgan fingerprint density at radius 1 is 1.56 bits per heavy atom. The minimum absolute atomic E-state index is 0.180. The van der Waals surface area contributed by atoms with Crippen molar-refractivity contribution in [1.29, 1.82) is 0 Å². The van der Waals surface area contributed by atoms with Crippen molar-refractivity contribution in [2.24, 2.45) is 0 Å². The molecule has 0 saturated carbocycles. The van der Waals surface area contributed by atoms with Crippen molar-refractivity contribution in [1.82, 2.24) is 20.5 Å². The van der Waals surface area contributed by atoms with Crippen LogP contribution >= 0.6 is 11.3 Å². The smallest absolute Gasteiger partial charge is 0.272 e. The first-order valence-corrected chi connectivity index (χ1v) is 6.68. The first kappa shape index (κ1) is 12.8. The van der Waals surface area contributed by atoms with E-state index >= 15 is 0 Å². The summed E-state index contributed by atoms with van der Waals surface area (Å²) in [6.45, 7) is 6.51. The summed E-state index contributed by atoms with van der Waals surface area (Å²) >= 11 is 1.57. The van der Waals surface area contributed by atoms with Gasteiger partial charge in [-0.3, -0.25) is 9.89 Å². The highest BCUT2D eigenvalue weighted by Gasteiger charge is 2.10. The Labute approximate surface area is 110 Å². The lowest BCUT2D eigenvalue weighted by molar-refractivity contribution is 0.0946. The van der Waals surface area contributed by atoms with Crippen LogP contribution in [0, 0.1) is 6.92 Å². The quantitative estimate of drug-likeness (QED) is 0.889. The molecule has 0 fully saturated rings. The number of nitrogens with one attached hydrogen (secondary N) is 2. The van der Waals surface area contributed by atoms with Crippen LogP contribution in [0.2, 0.25) is 0 Å². The monoisotopic (exact) mass is 264 g/mol. The van der Waals surface area contributed by atoms with E-state index in [1.165, 1.54) is 0 Å². The SMILES string of the molecule is Cc1cc(C(=O)NCc2nc(C(C)C)cs2)n[nH]1. The van der Waals surface area contributed by atoms with E-state index in [0.29, 0.717) is 18.2 Å². The van der Waals surface area contributed by atoms with E-state index in [-0.39, 0.29) is 5.91 Å². The van der Waals surface area contributed by atoms with E-state index in [9.17, 15) is 4.79 Å². The zero-order valence-corrected chi connectivity index (χ0v) is 11.5. The number of aromatic amines is 1. The van der Waals surface area contributed by atoms with Gasteiger partial charge >= 0.3 is 0 Å². The molecule has 2 aromatic heterocycles.